The van der Waals surface area contributed by atoms with Crippen LogP contribution in [0.3, 0.4) is 0 Å². The summed E-state index contributed by atoms with van der Waals surface area (Å²) in [5.74, 6) is -0.293. The molecule has 1 aliphatic heterocycles. The summed E-state index contributed by atoms with van der Waals surface area (Å²) in [5, 5.41) is 8.72. The molecule has 72 valence electrons. The zero-order valence-electron chi connectivity index (χ0n) is 7.19. The summed E-state index contributed by atoms with van der Waals surface area (Å²) in [6.07, 6.45) is 0.939. The number of imide groups is 1. The van der Waals surface area contributed by atoms with E-state index < -0.39 is 11.5 Å². The number of likely N-dealkylation sites (tertiary alicyclic amines) is 1. The van der Waals surface area contributed by atoms with Gasteiger partial charge in [0, 0.05) is 12.6 Å². The minimum absolute atomic E-state index is 0.143. The molecule has 1 saturated carbocycles. The van der Waals surface area contributed by atoms with E-state index in [4.69, 9.17) is 10.8 Å². The van der Waals surface area contributed by atoms with E-state index >= 15 is 0 Å². The van der Waals surface area contributed by atoms with Gasteiger partial charge >= 0.3 is 6.09 Å². The molecule has 0 aromatic rings. The number of nitrogens with zero attached hydrogens (tertiary/aromatic N) is 1. The van der Waals surface area contributed by atoms with E-state index in [0.717, 1.165) is 17.7 Å². The largest absolute Gasteiger partial charge is 0.465 e. The van der Waals surface area contributed by atoms with Crippen molar-refractivity contribution in [3.63, 3.8) is 0 Å². The maximum atomic E-state index is 11.6. The zero-order chi connectivity index (χ0) is 9.64. The Hall–Kier alpha value is -1.10. The molecule has 0 bridgehead atoms. The van der Waals surface area contributed by atoms with Crippen LogP contribution in [0.15, 0.2) is 0 Å². The second kappa shape index (κ2) is 2.45. The molecule has 0 aromatic heterocycles. The summed E-state index contributed by atoms with van der Waals surface area (Å²) in [6.45, 7) is 0.247. The molecular weight excluding hydrogens is 172 g/mol. The first-order valence-electron chi connectivity index (χ1n) is 4.38. The van der Waals surface area contributed by atoms with Crippen LogP contribution in [0.5, 0.6) is 0 Å². The zero-order valence-corrected chi connectivity index (χ0v) is 7.19. The maximum absolute atomic E-state index is 11.6. The van der Waals surface area contributed by atoms with Gasteiger partial charge in [-0.2, -0.15) is 0 Å². The molecule has 1 heterocycles. The number of piperidine rings is 1. The third-order valence-electron chi connectivity index (χ3n) is 3.06. The first-order chi connectivity index (χ1) is 6.08. The smallest absolute Gasteiger partial charge is 0.414 e. The number of carbonyl (C=O) groups is 2. The van der Waals surface area contributed by atoms with Gasteiger partial charge in [-0.15, -0.1) is 0 Å². The van der Waals surface area contributed by atoms with Crippen LogP contribution >= 0.6 is 0 Å². The fourth-order valence-electron chi connectivity index (χ4n) is 1.98. The Morgan fingerprint density at radius 2 is 2.23 bits per heavy atom. The number of nitrogens with two attached hydrogens (primary N) is 1. The Morgan fingerprint density at radius 3 is 2.69 bits per heavy atom. The first-order valence-corrected chi connectivity index (χ1v) is 4.38. The number of rotatable bonds is 0. The molecule has 3 N–H and O–H groups in total. The third-order valence-corrected chi connectivity index (χ3v) is 3.06. The molecule has 1 unspecified atom stereocenters. The van der Waals surface area contributed by atoms with Crippen molar-refractivity contribution >= 4 is 12.0 Å². The van der Waals surface area contributed by atoms with Crippen LogP contribution in [0.2, 0.25) is 0 Å². The van der Waals surface area contributed by atoms with E-state index in [1.165, 1.54) is 0 Å². The van der Waals surface area contributed by atoms with Crippen LogP contribution in [-0.4, -0.2) is 34.6 Å². The maximum Gasteiger partial charge on any atom is 0.414 e. The van der Waals surface area contributed by atoms with Gasteiger partial charge in [0.15, 0.2) is 0 Å². The molecule has 5 heteroatoms. The highest BCUT2D eigenvalue weighted by Gasteiger charge is 2.59. The molecule has 1 atom stereocenters. The highest BCUT2D eigenvalue weighted by molar-refractivity contribution is 5.97. The molecule has 2 rings (SSSR count). The molecule has 1 aliphatic carbocycles. The monoisotopic (exact) mass is 184 g/mol. The van der Waals surface area contributed by atoms with E-state index in [1.807, 2.05) is 0 Å². The molecule has 2 amide bonds. The molecule has 2 aliphatic rings. The van der Waals surface area contributed by atoms with Crippen LogP contribution in [0.1, 0.15) is 19.3 Å². The van der Waals surface area contributed by atoms with Crippen LogP contribution in [0.4, 0.5) is 4.79 Å². The standard InChI is InChI=1S/C8H12N2O3/c9-5-1-4-10(7(12)13)6(11)8(5)2-3-8/h5H,1-4,9H2,(H,12,13). The van der Waals surface area contributed by atoms with E-state index in [9.17, 15) is 9.59 Å². The lowest BCUT2D eigenvalue weighted by molar-refractivity contribution is -0.138. The van der Waals surface area contributed by atoms with Gasteiger partial charge in [-0.05, 0) is 19.3 Å². The van der Waals surface area contributed by atoms with Crippen LogP contribution < -0.4 is 5.73 Å². The highest BCUT2D eigenvalue weighted by Crippen LogP contribution is 2.52. The normalized spacial score (nSPS) is 30.7. The van der Waals surface area contributed by atoms with Crippen molar-refractivity contribution in [3.05, 3.63) is 0 Å². The van der Waals surface area contributed by atoms with Crippen molar-refractivity contribution in [3.8, 4) is 0 Å². The van der Waals surface area contributed by atoms with E-state index in [1.54, 1.807) is 0 Å². The third kappa shape index (κ3) is 1.03. The summed E-state index contributed by atoms with van der Waals surface area (Å²) in [4.78, 5) is 23.2. The SMILES string of the molecule is NC1CCN(C(=O)O)C(=O)C12CC2. The van der Waals surface area contributed by atoms with E-state index in [2.05, 4.69) is 0 Å². The number of hydrogen-bond donors (Lipinski definition) is 2. The second-order valence-electron chi connectivity index (χ2n) is 3.79. The lowest BCUT2D eigenvalue weighted by Gasteiger charge is -2.33. The van der Waals surface area contributed by atoms with Gasteiger partial charge in [0.25, 0.3) is 0 Å². The number of hydrogen-bond acceptors (Lipinski definition) is 3. The Morgan fingerprint density at radius 1 is 1.62 bits per heavy atom. The van der Waals surface area contributed by atoms with Crippen molar-refractivity contribution in [2.45, 2.75) is 25.3 Å². The fourth-order valence-corrected chi connectivity index (χ4v) is 1.98. The van der Waals surface area contributed by atoms with E-state index in [-0.39, 0.29) is 18.5 Å². The molecule has 1 saturated heterocycles. The first kappa shape index (κ1) is 8.50. The quantitative estimate of drug-likeness (QED) is 0.555. The predicted octanol–water partition coefficient (Wildman–Crippen LogP) is 0.00420. The van der Waals surface area contributed by atoms with Gasteiger partial charge in [-0.1, -0.05) is 0 Å². The summed E-state index contributed by atoms with van der Waals surface area (Å²) >= 11 is 0. The van der Waals surface area contributed by atoms with Gasteiger partial charge in [-0.25, -0.2) is 9.69 Å². The Balaban J connectivity index is 2.21. The van der Waals surface area contributed by atoms with Crippen LogP contribution in [0, 0.1) is 5.41 Å². The van der Waals surface area contributed by atoms with Crippen LogP contribution in [-0.2, 0) is 4.79 Å². The van der Waals surface area contributed by atoms with Gasteiger partial charge in [0.05, 0.1) is 5.41 Å². The van der Waals surface area contributed by atoms with Crippen molar-refractivity contribution in [2.75, 3.05) is 6.54 Å². The van der Waals surface area contributed by atoms with Crippen molar-refractivity contribution in [1.82, 2.24) is 4.90 Å². The topological polar surface area (TPSA) is 83.6 Å². The average molecular weight is 184 g/mol. The van der Waals surface area contributed by atoms with Gasteiger partial charge in [-0.3, -0.25) is 4.79 Å². The average Bonchev–Trinajstić information content (AvgIpc) is 2.81. The number of amides is 2. The Bertz CT molecular complexity index is 273. The molecule has 1 spiro atoms. The molecule has 0 radical (unpaired) electrons. The molecule has 0 aromatic carbocycles. The second-order valence-corrected chi connectivity index (χ2v) is 3.79. The lowest BCUT2D eigenvalue weighted by atomic mass is 9.89. The predicted molar refractivity (Wildman–Crippen MR) is 44.0 cm³/mol. The van der Waals surface area contributed by atoms with E-state index in [0.29, 0.717) is 6.42 Å². The number of carbonyl (C=O) groups excluding carboxylic acids is 1. The molecule has 13 heavy (non-hydrogen) atoms. The minimum Gasteiger partial charge on any atom is -0.465 e. The molecule has 2 fully saturated rings. The molecule has 5 nitrogen and oxygen atoms in total. The fraction of sp³-hybridized carbons (Fsp3) is 0.750. The summed E-state index contributed by atoms with van der Waals surface area (Å²) in [7, 11) is 0. The van der Waals surface area contributed by atoms with Crippen LogP contribution in [0.25, 0.3) is 0 Å². The molecular formula is C8H12N2O3. The summed E-state index contributed by atoms with van der Waals surface area (Å²) in [6, 6.07) is -0.143. The minimum atomic E-state index is -1.15. The summed E-state index contributed by atoms with van der Waals surface area (Å²) < 4.78 is 0. The van der Waals surface area contributed by atoms with Gasteiger partial charge in [0.1, 0.15) is 0 Å². The number of carboxylic acid groups (broad SMARTS) is 1. The Labute approximate surface area is 75.5 Å². The summed E-state index contributed by atoms with van der Waals surface area (Å²) in [5.41, 5.74) is 5.27. The highest BCUT2D eigenvalue weighted by atomic mass is 16.4. The lowest BCUT2D eigenvalue weighted by Crippen LogP contribution is -2.54. The van der Waals surface area contributed by atoms with Crippen molar-refractivity contribution in [1.29, 1.82) is 0 Å². The van der Waals surface area contributed by atoms with Gasteiger partial charge < -0.3 is 10.8 Å². The Kier molecular flexibility index (Phi) is 1.60. The van der Waals surface area contributed by atoms with Gasteiger partial charge in [0.2, 0.25) is 5.91 Å². The van der Waals surface area contributed by atoms with Crippen molar-refractivity contribution in [2.24, 2.45) is 11.1 Å². The van der Waals surface area contributed by atoms with Crippen molar-refractivity contribution < 1.29 is 14.7 Å².